The van der Waals surface area contributed by atoms with Crippen LogP contribution in [0.4, 0.5) is 0 Å². The molecule has 2 aromatic rings. The number of aliphatic hydroxyl groups is 2. The van der Waals surface area contributed by atoms with Crippen LogP contribution in [-0.4, -0.2) is 26.5 Å². The zero-order valence-electron chi connectivity index (χ0n) is 26.2. The minimum Gasteiger partial charge on any atom is -0.504 e. The Balaban J connectivity index is 1.04. The third kappa shape index (κ3) is 3.68. The van der Waals surface area contributed by atoms with Crippen molar-refractivity contribution in [1.82, 2.24) is 0 Å². The summed E-state index contributed by atoms with van der Waals surface area (Å²) in [5.41, 5.74) is 2.92. The molecule has 6 aliphatic carbocycles. The van der Waals surface area contributed by atoms with E-state index in [1.165, 1.54) is 22.3 Å². The van der Waals surface area contributed by atoms with Crippen LogP contribution in [0.1, 0.15) is 112 Å². The van der Waals surface area contributed by atoms with Crippen LogP contribution in [0.3, 0.4) is 0 Å². The van der Waals surface area contributed by atoms with Crippen molar-refractivity contribution in [2.24, 2.45) is 34.5 Å². The molecule has 0 radical (unpaired) electrons. The molecule has 0 heterocycles. The van der Waals surface area contributed by atoms with Gasteiger partial charge in [0.2, 0.25) is 0 Å². The number of fused-ring (bicyclic) bond motifs is 10. The second-order valence-corrected chi connectivity index (χ2v) is 15.8. The number of benzene rings is 2. The van der Waals surface area contributed by atoms with Crippen LogP contribution in [0.5, 0.6) is 17.2 Å². The lowest BCUT2D eigenvalue weighted by Gasteiger charge is -2.52. The van der Waals surface area contributed by atoms with Gasteiger partial charge in [-0.25, -0.2) is 0 Å². The van der Waals surface area contributed by atoms with E-state index in [4.69, 9.17) is 17.6 Å². The molecule has 0 amide bonds. The zero-order valence-corrected chi connectivity index (χ0v) is 26.2. The standard InChI is InChI=1S/C40H46O4/c1-5-39(42)19-15-33-30-10-7-24-21-26(9-12-27(24)28(30)13-17-37(33,39)3)44-36-23-32-25(22-35(36)41)8-11-31-29(32)14-18-38(4)34(31)16-20-40(38,43)6-2/h1-2,9,12,21-23,28-31,33-34,41-43H,7-8,10-11,13-20H2,3-4H3/t28?,29?,30?,31?,33?,34?,37-,38-,39-,40-/m0/s1. The Hall–Kier alpha value is -2.92. The van der Waals surface area contributed by atoms with E-state index >= 15 is 0 Å². The first-order chi connectivity index (χ1) is 21.0. The Labute approximate surface area is 262 Å². The largest absolute Gasteiger partial charge is 0.504 e. The number of terminal acetylenes is 2. The van der Waals surface area contributed by atoms with Gasteiger partial charge in [-0.1, -0.05) is 31.8 Å². The quantitative estimate of drug-likeness (QED) is 0.315. The molecule has 4 heteroatoms. The molecule has 0 saturated heterocycles. The Bertz CT molecular complexity index is 1610. The van der Waals surface area contributed by atoms with Crippen molar-refractivity contribution in [3.8, 4) is 41.9 Å². The van der Waals surface area contributed by atoms with Crippen LogP contribution in [-0.2, 0) is 12.8 Å². The van der Waals surface area contributed by atoms with Crippen molar-refractivity contribution in [2.45, 2.75) is 114 Å². The summed E-state index contributed by atoms with van der Waals surface area (Å²) in [6, 6.07) is 10.6. The minimum atomic E-state index is -1.00. The fraction of sp³-hybridized carbons (Fsp3) is 0.600. The fourth-order valence-electron chi connectivity index (χ4n) is 11.9. The van der Waals surface area contributed by atoms with Gasteiger partial charge in [0.25, 0.3) is 0 Å². The lowest BCUT2D eigenvalue weighted by molar-refractivity contribution is -0.0647. The van der Waals surface area contributed by atoms with Crippen molar-refractivity contribution in [3.63, 3.8) is 0 Å². The summed E-state index contributed by atoms with van der Waals surface area (Å²) in [4.78, 5) is 0. The van der Waals surface area contributed by atoms with Gasteiger partial charge in [-0.15, -0.1) is 12.8 Å². The van der Waals surface area contributed by atoms with E-state index in [1.54, 1.807) is 0 Å². The SMILES string of the molecule is C#C[C@]1(O)CCC2C3CCc4cc(Oc5cc6c(cc5O)CCC5C6CC[C@@]6(C)C5CC[C@@]6(O)C#C)ccc4C3CC[C@@]21C. The van der Waals surface area contributed by atoms with Crippen LogP contribution < -0.4 is 4.74 Å². The van der Waals surface area contributed by atoms with Gasteiger partial charge in [-0.3, -0.25) is 0 Å². The highest BCUT2D eigenvalue weighted by Gasteiger charge is 2.62. The molecule has 230 valence electrons. The average molecular weight is 591 g/mol. The van der Waals surface area contributed by atoms with Gasteiger partial charge in [-0.2, -0.15) is 0 Å². The Morgan fingerprint density at radius 1 is 0.705 bits per heavy atom. The van der Waals surface area contributed by atoms with E-state index in [0.29, 0.717) is 54.1 Å². The first-order valence-electron chi connectivity index (χ1n) is 17.1. The average Bonchev–Trinajstić information content (AvgIpc) is 3.46. The van der Waals surface area contributed by atoms with E-state index in [1.807, 2.05) is 6.07 Å². The van der Waals surface area contributed by atoms with E-state index in [2.05, 4.69) is 50.0 Å². The highest BCUT2D eigenvalue weighted by molar-refractivity contribution is 5.52. The highest BCUT2D eigenvalue weighted by Crippen LogP contribution is 2.66. The molecular weight excluding hydrogens is 544 g/mol. The third-order valence-electron chi connectivity index (χ3n) is 14.5. The lowest BCUT2D eigenvalue weighted by Crippen LogP contribution is -2.50. The number of aryl methyl sites for hydroxylation is 2. The van der Waals surface area contributed by atoms with Gasteiger partial charge in [0.1, 0.15) is 17.0 Å². The summed E-state index contributed by atoms with van der Waals surface area (Å²) >= 11 is 0. The number of phenolic OH excluding ortho intramolecular Hbond substituents is 1. The maximum absolute atomic E-state index is 11.3. The zero-order chi connectivity index (χ0) is 30.6. The highest BCUT2D eigenvalue weighted by atomic mass is 16.5. The summed E-state index contributed by atoms with van der Waals surface area (Å²) in [5, 5.41) is 33.6. The molecule has 0 aliphatic heterocycles. The molecule has 3 N–H and O–H groups in total. The van der Waals surface area contributed by atoms with Gasteiger partial charge in [-0.05, 0) is 159 Å². The minimum absolute atomic E-state index is 0.191. The second kappa shape index (κ2) is 9.55. The first kappa shape index (κ1) is 28.5. The van der Waals surface area contributed by atoms with Gasteiger partial charge < -0.3 is 20.1 Å². The Kier molecular flexibility index (Phi) is 6.19. The van der Waals surface area contributed by atoms with Crippen LogP contribution in [0.25, 0.3) is 0 Å². The molecule has 0 bridgehead atoms. The van der Waals surface area contributed by atoms with Crippen molar-refractivity contribution in [2.75, 3.05) is 0 Å². The summed E-state index contributed by atoms with van der Waals surface area (Å²) in [6.07, 6.45) is 23.2. The fourth-order valence-corrected chi connectivity index (χ4v) is 11.9. The molecule has 6 unspecified atom stereocenters. The third-order valence-corrected chi connectivity index (χ3v) is 14.5. The lowest BCUT2D eigenvalue weighted by atomic mass is 9.53. The molecule has 4 nitrogen and oxygen atoms in total. The van der Waals surface area contributed by atoms with Crippen LogP contribution >= 0.6 is 0 Å². The van der Waals surface area contributed by atoms with Gasteiger partial charge in [0, 0.05) is 10.8 Å². The molecule has 10 atom stereocenters. The smallest absolute Gasteiger partial charge is 0.169 e. The van der Waals surface area contributed by atoms with E-state index < -0.39 is 11.2 Å². The molecule has 4 saturated carbocycles. The number of ether oxygens (including phenoxy) is 1. The van der Waals surface area contributed by atoms with Crippen molar-refractivity contribution in [1.29, 1.82) is 0 Å². The number of aromatic hydroxyl groups is 1. The Morgan fingerprint density at radius 3 is 1.82 bits per heavy atom. The van der Waals surface area contributed by atoms with E-state index in [-0.39, 0.29) is 16.6 Å². The molecule has 6 aliphatic rings. The van der Waals surface area contributed by atoms with Gasteiger partial charge in [0.05, 0.1) is 0 Å². The number of hydrogen-bond acceptors (Lipinski definition) is 4. The van der Waals surface area contributed by atoms with Crippen LogP contribution in [0, 0.1) is 59.2 Å². The van der Waals surface area contributed by atoms with Crippen LogP contribution in [0.15, 0.2) is 30.3 Å². The second-order valence-electron chi connectivity index (χ2n) is 15.8. The van der Waals surface area contributed by atoms with Gasteiger partial charge >= 0.3 is 0 Å². The number of rotatable bonds is 2. The molecule has 0 aromatic heterocycles. The maximum atomic E-state index is 11.3. The first-order valence-corrected chi connectivity index (χ1v) is 17.1. The monoisotopic (exact) mass is 590 g/mol. The number of phenols is 1. The van der Waals surface area contributed by atoms with E-state index in [9.17, 15) is 15.3 Å². The molecular formula is C40H46O4. The summed E-state index contributed by atoms with van der Waals surface area (Å²) in [7, 11) is 0. The number of hydrogen-bond donors (Lipinski definition) is 3. The molecule has 4 fully saturated rings. The maximum Gasteiger partial charge on any atom is 0.169 e. The molecule has 0 spiro atoms. The predicted octanol–water partition coefficient (Wildman–Crippen LogP) is 7.63. The molecule has 2 aromatic carbocycles. The van der Waals surface area contributed by atoms with Crippen molar-refractivity contribution < 1.29 is 20.1 Å². The van der Waals surface area contributed by atoms with Gasteiger partial charge in [0.15, 0.2) is 11.5 Å². The summed E-state index contributed by atoms with van der Waals surface area (Å²) in [6.45, 7) is 4.45. The van der Waals surface area contributed by atoms with Crippen LogP contribution in [0.2, 0.25) is 0 Å². The predicted molar refractivity (Wildman–Crippen MR) is 171 cm³/mol. The molecule has 44 heavy (non-hydrogen) atoms. The van der Waals surface area contributed by atoms with E-state index in [0.717, 1.165) is 70.0 Å². The molecule has 8 rings (SSSR count). The normalized spacial score (nSPS) is 43.2. The topological polar surface area (TPSA) is 69.9 Å². The Morgan fingerprint density at radius 2 is 1.25 bits per heavy atom. The summed E-state index contributed by atoms with van der Waals surface area (Å²) < 4.78 is 6.47. The summed E-state index contributed by atoms with van der Waals surface area (Å²) in [5.74, 6) is 9.91. The van der Waals surface area contributed by atoms with Crippen molar-refractivity contribution >= 4 is 0 Å². The van der Waals surface area contributed by atoms with Crippen molar-refractivity contribution in [3.05, 3.63) is 52.6 Å².